The third-order valence-corrected chi connectivity index (χ3v) is 5.54. The van der Waals surface area contributed by atoms with Crippen LogP contribution in [0.2, 0.25) is 0 Å². The van der Waals surface area contributed by atoms with E-state index in [1.807, 2.05) is 0 Å². The number of benzene rings is 1. The fraction of sp³-hybridized carbons (Fsp3) is 0.167. The van der Waals surface area contributed by atoms with E-state index in [1.165, 1.54) is 4.57 Å². The maximum atomic E-state index is 14.5. The molecule has 1 aromatic carbocycles. The molecule has 0 radical (unpaired) electrons. The van der Waals surface area contributed by atoms with Crippen molar-refractivity contribution in [3.8, 4) is 0 Å². The number of H-pyrrole nitrogens is 1. The Hall–Kier alpha value is -3.18. The Balaban J connectivity index is 1.98. The van der Waals surface area contributed by atoms with E-state index in [2.05, 4.69) is 15.0 Å². The standard InChI is InChI=1S/C18H15F2N5O3S/c1-8-3-4-11-16-15(9(2)23-17(11)22-8)24-18(26)25(16)7-12-13(19)5-10(6-14(12)20)29(21,27)28/h3-6H,7H2,1-2H3,(H,24,26)(H2,21,27,28). The van der Waals surface area contributed by atoms with Gasteiger partial charge in [0.25, 0.3) is 0 Å². The number of nitrogens with one attached hydrogen (secondary N) is 1. The normalized spacial score (nSPS) is 12.2. The molecule has 0 saturated carbocycles. The second-order valence-electron chi connectivity index (χ2n) is 6.67. The Morgan fingerprint density at radius 3 is 2.41 bits per heavy atom. The average molecular weight is 419 g/mol. The molecule has 3 aromatic heterocycles. The quantitative estimate of drug-likeness (QED) is 0.525. The van der Waals surface area contributed by atoms with Crippen LogP contribution in [0.25, 0.3) is 22.1 Å². The highest BCUT2D eigenvalue weighted by Crippen LogP contribution is 2.25. The van der Waals surface area contributed by atoms with E-state index in [-0.39, 0.29) is 0 Å². The summed E-state index contributed by atoms with van der Waals surface area (Å²) >= 11 is 0. The van der Waals surface area contributed by atoms with E-state index in [1.54, 1.807) is 26.0 Å². The lowest BCUT2D eigenvalue weighted by atomic mass is 10.1. The number of aryl methyl sites for hydroxylation is 2. The second kappa shape index (κ2) is 6.42. The van der Waals surface area contributed by atoms with Crippen LogP contribution in [0, 0.1) is 25.5 Å². The highest BCUT2D eigenvalue weighted by molar-refractivity contribution is 7.89. The molecule has 0 fully saturated rings. The van der Waals surface area contributed by atoms with Gasteiger partial charge in [-0.3, -0.25) is 4.57 Å². The molecule has 0 aliphatic carbocycles. The summed E-state index contributed by atoms with van der Waals surface area (Å²) in [6, 6.07) is 4.72. The zero-order chi connectivity index (χ0) is 21.1. The molecule has 4 aromatic rings. The van der Waals surface area contributed by atoms with Crippen molar-refractivity contribution in [3.05, 3.63) is 63.3 Å². The molecule has 0 unspecified atom stereocenters. The summed E-state index contributed by atoms with van der Waals surface area (Å²) in [6.45, 7) is 3.02. The molecule has 0 spiro atoms. The lowest BCUT2D eigenvalue weighted by Crippen LogP contribution is -2.20. The van der Waals surface area contributed by atoms with Crippen molar-refractivity contribution in [2.45, 2.75) is 25.3 Å². The first-order chi connectivity index (χ1) is 13.6. The number of nitrogens with two attached hydrogens (primary N) is 1. The second-order valence-corrected chi connectivity index (χ2v) is 8.23. The van der Waals surface area contributed by atoms with Crippen molar-refractivity contribution in [2.75, 3.05) is 0 Å². The first kappa shape index (κ1) is 19.2. The van der Waals surface area contributed by atoms with Crippen LogP contribution in [0.3, 0.4) is 0 Å². The summed E-state index contributed by atoms with van der Waals surface area (Å²) in [6.07, 6.45) is 0. The van der Waals surface area contributed by atoms with Crippen LogP contribution in [0.4, 0.5) is 8.78 Å². The van der Waals surface area contributed by atoms with Gasteiger partial charge in [-0.05, 0) is 38.1 Å². The molecule has 150 valence electrons. The van der Waals surface area contributed by atoms with Gasteiger partial charge in [0.1, 0.15) is 11.6 Å². The summed E-state index contributed by atoms with van der Waals surface area (Å²) in [7, 11) is -4.28. The third-order valence-electron chi connectivity index (χ3n) is 4.65. The number of pyridine rings is 2. The minimum absolute atomic E-state index is 0.397. The fourth-order valence-electron chi connectivity index (χ4n) is 3.24. The molecule has 0 aliphatic heterocycles. The molecule has 3 N–H and O–H groups in total. The van der Waals surface area contributed by atoms with E-state index < -0.39 is 44.4 Å². The van der Waals surface area contributed by atoms with Gasteiger partial charge in [0.2, 0.25) is 10.0 Å². The number of nitrogens with zero attached hydrogens (tertiary/aromatic N) is 3. The van der Waals surface area contributed by atoms with Crippen molar-refractivity contribution in [1.29, 1.82) is 0 Å². The van der Waals surface area contributed by atoms with E-state index in [4.69, 9.17) is 5.14 Å². The van der Waals surface area contributed by atoms with Crippen LogP contribution >= 0.6 is 0 Å². The molecule has 0 bridgehead atoms. The van der Waals surface area contributed by atoms with E-state index >= 15 is 0 Å². The van der Waals surface area contributed by atoms with E-state index in [9.17, 15) is 22.0 Å². The predicted molar refractivity (Wildman–Crippen MR) is 102 cm³/mol. The van der Waals surface area contributed by atoms with Crippen LogP contribution in [0.15, 0.2) is 34.0 Å². The van der Waals surface area contributed by atoms with Gasteiger partial charge in [-0.25, -0.2) is 37.1 Å². The predicted octanol–water partition coefficient (Wildman–Crippen LogP) is 1.86. The number of rotatable bonds is 3. The number of hydrogen-bond acceptors (Lipinski definition) is 5. The van der Waals surface area contributed by atoms with Gasteiger partial charge in [0.15, 0.2) is 5.65 Å². The zero-order valence-corrected chi connectivity index (χ0v) is 16.1. The Kier molecular flexibility index (Phi) is 4.24. The van der Waals surface area contributed by atoms with E-state index in [0.29, 0.717) is 39.9 Å². The summed E-state index contributed by atoms with van der Waals surface area (Å²) < 4.78 is 52.9. The lowest BCUT2D eigenvalue weighted by Gasteiger charge is -2.10. The number of imidazole rings is 1. The number of hydrogen-bond donors (Lipinski definition) is 2. The van der Waals surface area contributed by atoms with Crippen LogP contribution < -0.4 is 10.8 Å². The van der Waals surface area contributed by atoms with Crippen LogP contribution in [0.5, 0.6) is 0 Å². The highest BCUT2D eigenvalue weighted by atomic mass is 32.2. The maximum Gasteiger partial charge on any atom is 0.326 e. The number of aromatic amines is 1. The Morgan fingerprint density at radius 1 is 1.14 bits per heavy atom. The summed E-state index contributed by atoms with van der Waals surface area (Å²) in [5.41, 5.74) is 1.40. The van der Waals surface area contributed by atoms with Gasteiger partial charge in [-0.2, -0.15) is 0 Å². The minimum Gasteiger partial charge on any atom is -0.304 e. The molecule has 0 amide bonds. The van der Waals surface area contributed by atoms with Crippen molar-refractivity contribution in [1.82, 2.24) is 19.5 Å². The van der Waals surface area contributed by atoms with Crippen LogP contribution in [-0.2, 0) is 16.6 Å². The van der Waals surface area contributed by atoms with Gasteiger partial charge in [0.05, 0.1) is 28.2 Å². The lowest BCUT2D eigenvalue weighted by molar-refractivity contribution is 0.535. The van der Waals surface area contributed by atoms with Gasteiger partial charge < -0.3 is 4.98 Å². The highest BCUT2D eigenvalue weighted by Gasteiger charge is 2.21. The molecular formula is C18H15F2N5O3S. The van der Waals surface area contributed by atoms with Gasteiger partial charge in [0, 0.05) is 16.6 Å². The topological polar surface area (TPSA) is 124 Å². The minimum atomic E-state index is -4.28. The van der Waals surface area contributed by atoms with Gasteiger partial charge >= 0.3 is 5.69 Å². The third kappa shape index (κ3) is 3.17. The number of fused-ring (bicyclic) bond motifs is 3. The fourth-order valence-corrected chi connectivity index (χ4v) is 3.78. The summed E-state index contributed by atoms with van der Waals surface area (Å²) in [4.78, 5) is 23.2. The molecule has 0 aliphatic rings. The maximum absolute atomic E-state index is 14.5. The average Bonchev–Trinajstić information content (AvgIpc) is 2.94. The SMILES string of the molecule is Cc1ccc2c(n1)nc(C)c1[nH]c(=O)n(Cc3c(F)cc(S(N)(=O)=O)cc3F)c12. The largest absolute Gasteiger partial charge is 0.326 e. The molecule has 4 rings (SSSR count). The van der Waals surface area contributed by atoms with Gasteiger partial charge in [-0.15, -0.1) is 0 Å². The first-order valence-electron chi connectivity index (χ1n) is 8.43. The monoisotopic (exact) mass is 419 g/mol. The Labute approximate surface area is 163 Å². The summed E-state index contributed by atoms with van der Waals surface area (Å²) in [5, 5.41) is 5.47. The van der Waals surface area contributed by atoms with Crippen molar-refractivity contribution in [3.63, 3.8) is 0 Å². The molecule has 8 nitrogen and oxygen atoms in total. The molecule has 3 heterocycles. The number of sulfonamides is 1. The van der Waals surface area contributed by atoms with Crippen molar-refractivity contribution >= 4 is 32.1 Å². The van der Waals surface area contributed by atoms with E-state index in [0.717, 1.165) is 5.69 Å². The zero-order valence-electron chi connectivity index (χ0n) is 15.3. The van der Waals surface area contributed by atoms with Crippen molar-refractivity contribution in [2.24, 2.45) is 5.14 Å². The van der Waals surface area contributed by atoms with Crippen molar-refractivity contribution < 1.29 is 17.2 Å². The van der Waals surface area contributed by atoms with Crippen LogP contribution in [-0.4, -0.2) is 27.9 Å². The smallest absolute Gasteiger partial charge is 0.304 e. The first-order valence-corrected chi connectivity index (χ1v) is 9.98. The molecule has 29 heavy (non-hydrogen) atoms. The number of halogens is 2. The molecular weight excluding hydrogens is 404 g/mol. The molecule has 0 saturated heterocycles. The molecule has 0 atom stereocenters. The Bertz CT molecular complexity index is 1450. The number of primary sulfonamides is 1. The number of aromatic nitrogens is 4. The van der Waals surface area contributed by atoms with Crippen LogP contribution in [0.1, 0.15) is 17.0 Å². The molecule has 11 heteroatoms. The Morgan fingerprint density at radius 2 is 1.79 bits per heavy atom. The summed E-state index contributed by atoms with van der Waals surface area (Å²) in [5.74, 6) is -2.25. The van der Waals surface area contributed by atoms with Gasteiger partial charge in [-0.1, -0.05) is 0 Å².